The molecule has 0 aromatic heterocycles. The van der Waals surface area contributed by atoms with Crippen molar-refractivity contribution in [3.8, 4) is 0 Å². The summed E-state index contributed by atoms with van der Waals surface area (Å²) in [5, 5.41) is 0. The van der Waals surface area contributed by atoms with Gasteiger partial charge >= 0.3 is 0 Å². The van der Waals surface area contributed by atoms with Gasteiger partial charge in [0.25, 0.3) is 0 Å². The Hall–Kier alpha value is -0.0800. The van der Waals surface area contributed by atoms with Gasteiger partial charge in [-0.2, -0.15) is 0 Å². The second-order valence-electron chi connectivity index (χ2n) is 4.56. The SMILES string of the molecule is CCN1CO[C@@](C)(CC)C[C@@H](C)C1. The lowest BCUT2D eigenvalue weighted by atomic mass is 9.91. The standard InChI is InChI=1S/C11H23NO/c1-5-11(4)7-10(3)8-12(6-2)9-13-11/h10H,5-9H2,1-4H3/t10-,11+/m1/s1. The second-order valence-corrected chi connectivity index (χ2v) is 4.56. The van der Waals surface area contributed by atoms with Gasteiger partial charge in [0.2, 0.25) is 0 Å². The molecule has 0 aromatic rings. The van der Waals surface area contributed by atoms with Crippen LogP contribution in [0.1, 0.15) is 40.5 Å². The summed E-state index contributed by atoms with van der Waals surface area (Å²) in [6.45, 7) is 12.1. The Labute approximate surface area is 82.3 Å². The largest absolute Gasteiger partial charge is 0.360 e. The van der Waals surface area contributed by atoms with Crippen LogP contribution in [0.5, 0.6) is 0 Å². The molecule has 1 heterocycles. The van der Waals surface area contributed by atoms with Gasteiger partial charge in [-0.1, -0.05) is 20.8 Å². The monoisotopic (exact) mass is 185 g/mol. The van der Waals surface area contributed by atoms with Crippen LogP contribution in [0.4, 0.5) is 0 Å². The fraction of sp³-hybridized carbons (Fsp3) is 1.00. The Bertz CT molecular complexity index is 160. The van der Waals surface area contributed by atoms with Crippen molar-refractivity contribution < 1.29 is 4.74 Å². The van der Waals surface area contributed by atoms with Gasteiger partial charge in [0.15, 0.2) is 0 Å². The summed E-state index contributed by atoms with van der Waals surface area (Å²) < 4.78 is 5.94. The first-order valence-corrected chi connectivity index (χ1v) is 5.46. The van der Waals surface area contributed by atoms with E-state index in [9.17, 15) is 0 Å². The minimum absolute atomic E-state index is 0.114. The third kappa shape index (κ3) is 2.96. The molecule has 0 aliphatic carbocycles. The van der Waals surface area contributed by atoms with Crippen molar-refractivity contribution in [2.24, 2.45) is 5.92 Å². The van der Waals surface area contributed by atoms with Crippen LogP contribution in [-0.2, 0) is 4.74 Å². The Balaban J connectivity index is 2.57. The van der Waals surface area contributed by atoms with Crippen LogP contribution in [0, 0.1) is 5.92 Å². The smallest absolute Gasteiger partial charge is 0.0997 e. The number of ether oxygens (including phenoxy) is 1. The molecule has 0 N–H and O–H groups in total. The van der Waals surface area contributed by atoms with E-state index in [-0.39, 0.29) is 5.60 Å². The molecule has 2 heteroatoms. The molecule has 1 aliphatic heterocycles. The van der Waals surface area contributed by atoms with E-state index >= 15 is 0 Å². The lowest BCUT2D eigenvalue weighted by Crippen LogP contribution is -2.31. The topological polar surface area (TPSA) is 12.5 Å². The quantitative estimate of drug-likeness (QED) is 0.655. The molecule has 0 amide bonds. The Morgan fingerprint density at radius 3 is 2.69 bits per heavy atom. The summed E-state index contributed by atoms with van der Waals surface area (Å²) in [5.74, 6) is 0.757. The van der Waals surface area contributed by atoms with Crippen LogP contribution in [0.3, 0.4) is 0 Å². The summed E-state index contributed by atoms with van der Waals surface area (Å²) in [4.78, 5) is 2.38. The Morgan fingerprint density at radius 1 is 1.46 bits per heavy atom. The minimum atomic E-state index is 0.114. The molecular formula is C11H23NO. The van der Waals surface area contributed by atoms with Crippen molar-refractivity contribution in [2.75, 3.05) is 19.8 Å². The van der Waals surface area contributed by atoms with E-state index in [1.807, 2.05) is 0 Å². The first kappa shape index (κ1) is 11.0. The number of hydrogen-bond acceptors (Lipinski definition) is 2. The summed E-state index contributed by atoms with van der Waals surface area (Å²) in [5.41, 5.74) is 0.114. The van der Waals surface area contributed by atoms with Gasteiger partial charge < -0.3 is 4.74 Å². The van der Waals surface area contributed by atoms with Crippen LogP contribution in [0.25, 0.3) is 0 Å². The van der Waals surface area contributed by atoms with Gasteiger partial charge in [-0.05, 0) is 32.2 Å². The van der Waals surface area contributed by atoms with E-state index in [0.717, 1.165) is 25.6 Å². The van der Waals surface area contributed by atoms with E-state index in [0.29, 0.717) is 0 Å². The minimum Gasteiger partial charge on any atom is -0.360 e. The highest BCUT2D eigenvalue weighted by molar-refractivity contribution is 4.79. The van der Waals surface area contributed by atoms with Crippen molar-refractivity contribution in [3.63, 3.8) is 0 Å². The van der Waals surface area contributed by atoms with Gasteiger partial charge in [0.05, 0.1) is 12.3 Å². The maximum atomic E-state index is 5.94. The second kappa shape index (κ2) is 4.43. The molecule has 0 unspecified atom stereocenters. The van der Waals surface area contributed by atoms with Crippen LogP contribution < -0.4 is 0 Å². The summed E-state index contributed by atoms with van der Waals surface area (Å²) in [6.07, 6.45) is 2.31. The molecule has 0 saturated carbocycles. The molecular weight excluding hydrogens is 162 g/mol. The molecule has 0 spiro atoms. The predicted octanol–water partition coefficient (Wildman–Crippen LogP) is 2.49. The van der Waals surface area contributed by atoms with Crippen molar-refractivity contribution >= 4 is 0 Å². The molecule has 78 valence electrons. The molecule has 1 rings (SSSR count). The maximum absolute atomic E-state index is 5.94. The van der Waals surface area contributed by atoms with Crippen LogP contribution in [0.2, 0.25) is 0 Å². The van der Waals surface area contributed by atoms with Gasteiger partial charge in [-0.3, -0.25) is 4.90 Å². The highest BCUT2D eigenvalue weighted by Crippen LogP contribution is 2.28. The van der Waals surface area contributed by atoms with Crippen molar-refractivity contribution in [2.45, 2.75) is 46.1 Å². The lowest BCUT2D eigenvalue weighted by molar-refractivity contribution is -0.0706. The average Bonchev–Trinajstić information content (AvgIpc) is 2.25. The first-order valence-electron chi connectivity index (χ1n) is 5.46. The summed E-state index contributed by atoms with van der Waals surface area (Å²) in [7, 11) is 0. The fourth-order valence-electron chi connectivity index (χ4n) is 2.07. The van der Waals surface area contributed by atoms with Gasteiger partial charge in [-0.15, -0.1) is 0 Å². The van der Waals surface area contributed by atoms with Gasteiger partial charge in [0.1, 0.15) is 0 Å². The van der Waals surface area contributed by atoms with Crippen molar-refractivity contribution in [1.29, 1.82) is 0 Å². The van der Waals surface area contributed by atoms with Crippen LogP contribution in [-0.4, -0.2) is 30.3 Å². The molecule has 1 saturated heterocycles. The molecule has 1 fully saturated rings. The number of nitrogens with zero attached hydrogens (tertiary/aromatic N) is 1. The van der Waals surface area contributed by atoms with E-state index in [4.69, 9.17) is 4.74 Å². The van der Waals surface area contributed by atoms with Gasteiger partial charge in [-0.25, -0.2) is 0 Å². The average molecular weight is 185 g/mol. The zero-order valence-electron chi connectivity index (χ0n) is 9.47. The molecule has 0 aromatic carbocycles. The van der Waals surface area contributed by atoms with E-state index in [1.165, 1.54) is 13.0 Å². The Morgan fingerprint density at radius 2 is 2.15 bits per heavy atom. The van der Waals surface area contributed by atoms with Crippen LogP contribution in [0.15, 0.2) is 0 Å². The summed E-state index contributed by atoms with van der Waals surface area (Å²) in [6, 6.07) is 0. The van der Waals surface area contributed by atoms with E-state index in [2.05, 4.69) is 32.6 Å². The normalized spacial score (nSPS) is 37.4. The third-order valence-corrected chi connectivity index (χ3v) is 3.14. The molecule has 2 nitrogen and oxygen atoms in total. The zero-order chi connectivity index (χ0) is 9.90. The van der Waals surface area contributed by atoms with Crippen molar-refractivity contribution in [1.82, 2.24) is 4.90 Å². The van der Waals surface area contributed by atoms with E-state index < -0.39 is 0 Å². The first-order chi connectivity index (χ1) is 6.09. The van der Waals surface area contributed by atoms with Gasteiger partial charge in [0, 0.05) is 6.54 Å². The number of rotatable bonds is 2. The highest BCUT2D eigenvalue weighted by atomic mass is 16.5. The highest BCUT2D eigenvalue weighted by Gasteiger charge is 2.29. The summed E-state index contributed by atoms with van der Waals surface area (Å²) >= 11 is 0. The third-order valence-electron chi connectivity index (χ3n) is 3.14. The number of hydrogen-bond donors (Lipinski definition) is 0. The lowest BCUT2D eigenvalue weighted by Gasteiger charge is -2.28. The molecule has 0 radical (unpaired) electrons. The fourth-order valence-corrected chi connectivity index (χ4v) is 2.07. The molecule has 2 atom stereocenters. The maximum Gasteiger partial charge on any atom is 0.0997 e. The molecule has 13 heavy (non-hydrogen) atoms. The molecule has 0 bridgehead atoms. The van der Waals surface area contributed by atoms with E-state index in [1.54, 1.807) is 0 Å². The predicted molar refractivity (Wildman–Crippen MR) is 55.7 cm³/mol. The zero-order valence-corrected chi connectivity index (χ0v) is 9.47. The van der Waals surface area contributed by atoms with Crippen LogP contribution >= 0.6 is 0 Å². The Kier molecular flexibility index (Phi) is 3.74. The molecule has 1 aliphatic rings. The van der Waals surface area contributed by atoms with Crippen molar-refractivity contribution in [3.05, 3.63) is 0 Å².